The first-order valence-electron chi connectivity index (χ1n) is 10.4. The summed E-state index contributed by atoms with van der Waals surface area (Å²) in [6.07, 6.45) is 1.07. The van der Waals surface area contributed by atoms with E-state index in [-0.39, 0.29) is 17.3 Å². The SMILES string of the molecule is O=S(=O)(Nc1ccc(CCCNC[C@H](O)COc2ccc(O)cc2)cc1)c1ccccc1. The second-order valence-electron chi connectivity index (χ2n) is 7.38. The lowest BCUT2D eigenvalue weighted by molar-refractivity contribution is 0.106. The van der Waals surface area contributed by atoms with Crippen LogP contribution in [0.3, 0.4) is 0 Å². The highest BCUT2D eigenvalue weighted by Crippen LogP contribution is 2.17. The van der Waals surface area contributed by atoms with Gasteiger partial charge in [-0.15, -0.1) is 0 Å². The average Bonchev–Trinajstić information content (AvgIpc) is 2.80. The van der Waals surface area contributed by atoms with Gasteiger partial charge in [0.15, 0.2) is 0 Å². The second-order valence-corrected chi connectivity index (χ2v) is 9.06. The van der Waals surface area contributed by atoms with Gasteiger partial charge in [0, 0.05) is 12.2 Å². The van der Waals surface area contributed by atoms with Gasteiger partial charge in [-0.1, -0.05) is 30.3 Å². The lowest BCUT2D eigenvalue weighted by atomic mass is 10.1. The Bertz CT molecular complexity index is 1060. The molecule has 0 heterocycles. The van der Waals surface area contributed by atoms with Gasteiger partial charge >= 0.3 is 0 Å². The number of hydrogen-bond acceptors (Lipinski definition) is 6. The first-order valence-corrected chi connectivity index (χ1v) is 11.9. The Kier molecular flexibility index (Phi) is 8.49. The van der Waals surface area contributed by atoms with Crippen molar-refractivity contribution in [1.82, 2.24) is 5.32 Å². The van der Waals surface area contributed by atoms with Crippen molar-refractivity contribution in [3.05, 3.63) is 84.4 Å². The van der Waals surface area contributed by atoms with Crippen LogP contribution in [0.2, 0.25) is 0 Å². The Morgan fingerprint density at radius 1 is 0.906 bits per heavy atom. The van der Waals surface area contributed by atoms with Gasteiger partial charge < -0.3 is 20.3 Å². The number of phenolic OH excluding ortho intramolecular Hbond substituents is 1. The number of aliphatic hydroxyl groups excluding tert-OH is 1. The predicted molar refractivity (Wildman–Crippen MR) is 124 cm³/mol. The van der Waals surface area contributed by atoms with E-state index in [2.05, 4.69) is 10.0 Å². The molecule has 3 aromatic carbocycles. The number of anilines is 1. The quantitative estimate of drug-likeness (QED) is 0.312. The van der Waals surface area contributed by atoms with Crippen molar-refractivity contribution < 1.29 is 23.4 Å². The van der Waals surface area contributed by atoms with Gasteiger partial charge in [-0.2, -0.15) is 0 Å². The number of rotatable bonds is 12. The molecule has 0 amide bonds. The molecule has 0 saturated carbocycles. The maximum Gasteiger partial charge on any atom is 0.261 e. The Hall–Kier alpha value is -3.07. The van der Waals surface area contributed by atoms with E-state index in [4.69, 9.17) is 4.74 Å². The van der Waals surface area contributed by atoms with Crippen molar-refractivity contribution in [3.8, 4) is 11.5 Å². The Labute approximate surface area is 188 Å². The normalized spacial score (nSPS) is 12.3. The largest absolute Gasteiger partial charge is 0.508 e. The zero-order valence-corrected chi connectivity index (χ0v) is 18.5. The molecule has 32 heavy (non-hydrogen) atoms. The number of phenols is 1. The maximum absolute atomic E-state index is 12.4. The Balaban J connectivity index is 1.33. The standard InChI is InChI=1S/C24H28N2O5S/c27-21-12-14-23(15-13-21)31-18-22(28)17-25-16-4-5-19-8-10-20(11-9-19)26-32(29,30)24-6-2-1-3-7-24/h1-3,6-15,22,25-28H,4-5,16-18H2/t22-/m0/s1. The monoisotopic (exact) mass is 456 g/mol. The molecule has 1 atom stereocenters. The fourth-order valence-corrected chi connectivity index (χ4v) is 4.11. The highest BCUT2D eigenvalue weighted by atomic mass is 32.2. The van der Waals surface area contributed by atoms with Gasteiger partial charge in [0.05, 0.1) is 4.90 Å². The summed E-state index contributed by atoms with van der Waals surface area (Å²) < 4.78 is 32.8. The van der Waals surface area contributed by atoms with Crippen molar-refractivity contribution in [2.75, 3.05) is 24.4 Å². The van der Waals surface area contributed by atoms with E-state index >= 15 is 0 Å². The van der Waals surface area contributed by atoms with E-state index in [9.17, 15) is 18.6 Å². The molecule has 0 radical (unpaired) electrons. The van der Waals surface area contributed by atoms with Crippen LogP contribution in [0, 0.1) is 0 Å². The molecule has 0 fully saturated rings. The zero-order valence-electron chi connectivity index (χ0n) is 17.6. The Morgan fingerprint density at radius 2 is 1.59 bits per heavy atom. The molecule has 0 bridgehead atoms. The number of aryl methyl sites for hydroxylation is 1. The number of sulfonamides is 1. The van der Waals surface area contributed by atoms with Gasteiger partial charge in [0.25, 0.3) is 10.0 Å². The van der Waals surface area contributed by atoms with Crippen LogP contribution in [-0.2, 0) is 16.4 Å². The molecule has 3 aromatic rings. The number of nitrogens with one attached hydrogen (secondary N) is 2. The fraction of sp³-hybridized carbons (Fsp3) is 0.250. The predicted octanol–water partition coefficient (Wildman–Crippen LogP) is 3.16. The summed E-state index contributed by atoms with van der Waals surface area (Å²) in [5.74, 6) is 0.763. The van der Waals surface area contributed by atoms with Gasteiger partial charge in [0.2, 0.25) is 0 Å². The molecule has 0 saturated heterocycles. The van der Waals surface area contributed by atoms with Crippen molar-refractivity contribution in [2.24, 2.45) is 0 Å². The van der Waals surface area contributed by atoms with E-state index in [1.165, 1.54) is 12.1 Å². The minimum absolute atomic E-state index is 0.165. The molecular formula is C24H28N2O5S. The van der Waals surface area contributed by atoms with Crippen LogP contribution < -0.4 is 14.8 Å². The van der Waals surface area contributed by atoms with E-state index in [1.54, 1.807) is 54.6 Å². The van der Waals surface area contributed by atoms with Crippen LogP contribution >= 0.6 is 0 Å². The van der Waals surface area contributed by atoms with E-state index in [1.807, 2.05) is 12.1 Å². The average molecular weight is 457 g/mol. The topological polar surface area (TPSA) is 108 Å². The second kappa shape index (κ2) is 11.5. The van der Waals surface area contributed by atoms with Crippen molar-refractivity contribution in [2.45, 2.75) is 23.8 Å². The van der Waals surface area contributed by atoms with Gasteiger partial charge in [-0.05, 0) is 73.5 Å². The number of ether oxygens (including phenoxy) is 1. The van der Waals surface area contributed by atoms with Crippen LogP contribution in [0.25, 0.3) is 0 Å². The minimum atomic E-state index is -3.59. The molecule has 0 aromatic heterocycles. The van der Waals surface area contributed by atoms with Crippen LogP contribution in [0.15, 0.2) is 83.8 Å². The third kappa shape index (κ3) is 7.56. The van der Waals surface area contributed by atoms with Crippen LogP contribution in [-0.4, -0.2) is 44.4 Å². The summed E-state index contributed by atoms with van der Waals surface area (Å²) in [5, 5.41) is 22.4. The summed E-state index contributed by atoms with van der Waals surface area (Å²) in [6, 6.07) is 21.9. The number of aromatic hydroxyl groups is 1. The van der Waals surface area contributed by atoms with Crippen molar-refractivity contribution in [3.63, 3.8) is 0 Å². The fourth-order valence-electron chi connectivity index (χ4n) is 3.03. The molecule has 0 aliphatic carbocycles. The van der Waals surface area contributed by atoms with Gasteiger partial charge in [-0.25, -0.2) is 8.42 Å². The molecule has 4 N–H and O–H groups in total. The van der Waals surface area contributed by atoms with E-state index in [0.29, 0.717) is 18.0 Å². The third-order valence-corrected chi connectivity index (χ3v) is 6.13. The molecule has 0 aliphatic rings. The summed E-state index contributed by atoms with van der Waals surface area (Å²) in [7, 11) is -3.59. The zero-order chi connectivity index (χ0) is 22.8. The summed E-state index contributed by atoms with van der Waals surface area (Å²) in [6.45, 7) is 1.31. The van der Waals surface area contributed by atoms with E-state index in [0.717, 1.165) is 24.9 Å². The van der Waals surface area contributed by atoms with Gasteiger partial charge in [0.1, 0.15) is 24.2 Å². The van der Waals surface area contributed by atoms with Crippen molar-refractivity contribution in [1.29, 1.82) is 0 Å². The van der Waals surface area contributed by atoms with Gasteiger partial charge in [-0.3, -0.25) is 4.72 Å². The highest BCUT2D eigenvalue weighted by Gasteiger charge is 2.13. The first kappa shape index (κ1) is 23.6. The lowest BCUT2D eigenvalue weighted by Gasteiger charge is -2.13. The first-order chi connectivity index (χ1) is 15.4. The molecule has 7 nitrogen and oxygen atoms in total. The van der Waals surface area contributed by atoms with Crippen molar-refractivity contribution >= 4 is 15.7 Å². The van der Waals surface area contributed by atoms with Crippen LogP contribution in [0.4, 0.5) is 5.69 Å². The molecule has 3 rings (SSSR count). The molecule has 0 unspecified atom stereocenters. The molecule has 0 spiro atoms. The number of benzene rings is 3. The lowest BCUT2D eigenvalue weighted by Crippen LogP contribution is -2.32. The molecule has 8 heteroatoms. The minimum Gasteiger partial charge on any atom is -0.508 e. The van der Waals surface area contributed by atoms with E-state index < -0.39 is 16.1 Å². The molecular weight excluding hydrogens is 428 g/mol. The smallest absolute Gasteiger partial charge is 0.261 e. The summed E-state index contributed by atoms with van der Waals surface area (Å²) in [5.41, 5.74) is 1.62. The Morgan fingerprint density at radius 3 is 2.28 bits per heavy atom. The third-order valence-electron chi connectivity index (χ3n) is 4.74. The molecule has 0 aliphatic heterocycles. The van der Waals surface area contributed by atoms with Crippen LogP contribution in [0.1, 0.15) is 12.0 Å². The van der Waals surface area contributed by atoms with Crippen LogP contribution in [0.5, 0.6) is 11.5 Å². The molecule has 170 valence electrons. The summed E-state index contributed by atoms with van der Waals surface area (Å²) in [4.78, 5) is 0.228. The number of aliphatic hydroxyl groups is 1. The highest BCUT2D eigenvalue weighted by molar-refractivity contribution is 7.92. The summed E-state index contributed by atoms with van der Waals surface area (Å²) >= 11 is 0. The maximum atomic E-state index is 12.4. The number of hydrogen-bond donors (Lipinski definition) is 4.